The third-order valence-electron chi connectivity index (χ3n) is 8.03. The zero-order valence-corrected chi connectivity index (χ0v) is 21.2. The van der Waals surface area contributed by atoms with E-state index < -0.39 is 28.8 Å². The first kappa shape index (κ1) is 25.2. The van der Waals surface area contributed by atoms with Crippen LogP contribution in [-0.2, 0) is 5.60 Å². The fourth-order valence-corrected chi connectivity index (χ4v) is 6.14. The number of nitriles is 2. The second-order valence-electron chi connectivity index (χ2n) is 10.1. The lowest BCUT2D eigenvalue weighted by Crippen LogP contribution is -2.55. The van der Waals surface area contributed by atoms with E-state index in [1.54, 1.807) is 24.3 Å². The SMILES string of the molecule is Cc1ccc(C2CC(O)(c3ccccc3)C(C(=O)c3ccccc3)C(c3ccccc3)C2(C#N)C#N)cc1. The molecule has 4 aromatic rings. The zero-order chi connectivity index (χ0) is 26.8. The Balaban J connectivity index is 1.84. The Morgan fingerprint density at radius 3 is 1.84 bits per heavy atom. The van der Waals surface area contributed by atoms with Crippen molar-refractivity contribution in [3.05, 3.63) is 143 Å². The summed E-state index contributed by atoms with van der Waals surface area (Å²) in [6.07, 6.45) is 0.0494. The van der Waals surface area contributed by atoms with Crippen molar-refractivity contribution in [2.75, 3.05) is 0 Å². The molecule has 1 saturated carbocycles. The number of benzene rings is 4. The first-order valence-corrected chi connectivity index (χ1v) is 12.8. The zero-order valence-electron chi connectivity index (χ0n) is 21.2. The molecule has 4 unspecified atom stereocenters. The van der Waals surface area contributed by atoms with Crippen LogP contribution in [0.4, 0.5) is 0 Å². The molecule has 1 aliphatic rings. The summed E-state index contributed by atoms with van der Waals surface area (Å²) in [5.74, 6) is -2.90. The van der Waals surface area contributed by atoms with Crippen LogP contribution in [0.5, 0.6) is 0 Å². The molecule has 186 valence electrons. The number of hydrogen-bond donors (Lipinski definition) is 1. The molecular weight excluding hydrogens is 468 g/mol. The van der Waals surface area contributed by atoms with Gasteiger partial charge in [-0.1, -0.05) is 121 Å². The summed E-state index contributed by atoms with van der Waals surface area (Å²) in [6, 6.07) is 39.8. The van der Waals surface area contributed by atoms with Gasteiger partial charge in [-0.3, -0.25) is 4.79 Å². The molecule has 38 heavy (non-hydrogen) atoms. The maximum atomic E-state index is 14.4. The van der Waals surface area contributed by atoms with Crippen LogP contribution in [-0.4, -0.2) is 10.9 Å². The van der Waals surface area contributed by atoms with E-state index >= 15 is 0 Å². The lowest BCUT2D eigenvalue weighted by molar-refractivity contribution is -0.0783. The molecule has 0 aromatic heterocycles. The summed E-state index contributed by atoms with van der Waals surface area (Å²) >= 11 is 0. The number of nitrogens with zero attached hydrogens (tertiary/aromatic N) is 2. The summed E-state index contributed by atoms with van der Waals surface area (Å²) in [6.45, 7) is 1.98. The van der Waals surface area contributed by atoms with Crippen LogP contribution in [0, 0.1) is 40.9 Å². The fraction of sp³-hybridized carbons (Fsp3) is 0.206. The number of ketones is 1. The molecule has 1 N–H and O–H groups in total. The van der Waals surface area contributed by atoms with Gasteiger partial charge in [-0.05, 0) is 30.0 Å². The van der Waals surface area contributed by atoms with Crippen LogP contribution in [0.25, 0.3) is 0 Å². The van der Waals surface area contributed by atoms with E-state index in [9.17, 15) is 20.4 Å². The van der Waals surface area contributed by atoms with Gasteiger partial charge in [0.1, 0.15) is 5.60 Å². The van der Waals surface area contributed by atoms with Gasteiger partial charge in [0.05, 0.1) is 18.1 Å². The van der Waals surface area contributed by atoms with Crippen LogP contribution in [0.3, 0.4) is 0 Å². The Hall–Kier alpha value is -4.51. The summed E-state index contributed by atoms with van der Waals surface area (Å²) in [4.78, 5) is 14.4. The smallest absolute Gasteiger partial charge is 0.169 e. The van der Waals surface area contributed by atoms with Crippen molar-refractivity contribution in [1.82, 2.24) is 0 Å². The van der Waals surface area contributed by atoms with E-state index in [4.69, 9.17) is 0 Å². The van der Waals surface area contributed by atoms with Gasteiger partial charge in [0.25, 0.3) is 0 Å². The summed E-state index contributed by atoms with van der Waals surface area (Å²) in [5.41, 5.74) is 0.312. The predicted molar refractivity (Wildman–Crippen MR) is 146 cm³/mol. The molecule has 1 aliphatic carbocycles. The molecule has 5 rings (SSSR count). The Morgan fingerprint density at radius 1 is 0.763 bits per heavy atom. The Kier molecular flexibility index (Phi) is 6.68. The average Bonchev–Trinajstić information content (AvgIpc) is 2.98. The fourth-order valence-electron chi connectivity index (χ4n) is 6.14. The van der Waals surface area contributed by atoms with Crippen molar-refractivity contribution in [1.29, 1.82) is 10.5 Å². The minimum absolute atomic E-state index is 0.0494. The van der Waals surface area contributed by atoms with Crippen LogP contribution < -0.4 is 0 Å². The number of Topliss-reactive ketones (excluding diaryl/α,β-unsaturated/α-hetero) is 1. The maximum absolute atomic E-state index is 14.4. The number of carbonyl (C=O) groups is 1. The van der Waals surface area contributed by atoms with Crippen LogP contribution in [0.15, 0.2) is 115 Å². The average molecular weight is 497 g/mol. The highest BCUT2D eigenvalue weighted by Crippen LogP contribution is 2.63. The van der Waals surface area contributed by atoms with Crippen molar-refractivity contribution < 1.29 is 9.90 Å². The molecule has 0 bridgehead atoms. The van der Waals surface area contributed by atoms with E-state index in [0.29, 0.717) is 16.7 Å². The number of rotatable bonds is 5. The molecule has 4 nitrogen and oxygen atoms in total. The van der Waals surface area contributed by atoms with Gasteiger partial charge in [0, 0.05) is 17.4 Å². The second-order valence-corrected chi connectivity index (χ2v) is 10.1. The molecule has 0 radical (unpaired) electrons. The predicted octanol–water partition coefficient (Wildman–Crippen LogP) is 6.69. The molecular formula is C34H28N2O2. The highest BCUT2D eigenvalue weighted by molar-refractivity contribution is 5.99. The molecule has 0 saturated heterocycles. The standard InChI is InChI=1S/C34H28N2O2/c1-24-17-19-25(20-18-24)29-21-34(38,28-15-9-4-10-16-28)31(32(37)27-13-7-3-8-14-27)30(33(29,22-35)23-36)26-11-5-2-6-12-26/h2-20,29-31,38H,21H2,1H3. The minimum atomic E-state index is -1.64. The van der Waals surface area contributed by atoms with Crippen molar-refractivity contribution in [3.63, 3.8) is 0 Å². The molecule has 4 aromatic carbocycles. The number of aliphatic hydroxyl groups is 1. The van der Waals surface area contributed by atoms with Crippen molar-refractivity contribution in [2.24, 2.45) is 11.3 Å². The molecule has 1 fully saturated rings. The Morgan fingerprint density at radius 2 is 1.29 bits per heavy atom. The molecule has 4 atom stereocenters. The number of hydrogen-bond acceptors (Lipinski definition) is 4. The highest BCUT2D eigenvalue weighted by atomic mass is 16.3. The normalized spacial score (nSPS) is 24.1. The summed E-state index contributed by atoms with van der Waals surface area (Å²) in [5, 5.41) is 34.3. The lowest BCUT2D eigenvalue weighted by Gasteiger charge is -2.53. The van der Waals surface area contributed by atoms with Crippen molar-refractivity contribution in [2.45, 2.75) is 30.8 Å². The second kappa shape index (κ2) is 10.1. The minimum Gasteiger partial charge on any atom is -0.384 e. The molecule has 4 heteroatoms. The number of aryl methyl sites for hydroxylation is 1. The topological polar surface area (TPSA) is 84.9 Å². The van der Waals surface area contributed by atoms with Gasteiger partial charge in [0.2, 0.25) is 0 Å². The molecule has 0 spiro atoms. The van der Waals surface area contributed by atoms with Crippen LogP contribution in [0.1, 0.15) is 50.9 Å². The van der Waals surface area contributed by atoms with Crippen molar-refractivity contribution in [3.8, 4) is 12.1 Å². The molecule has 0 heterocycles. The van der Waals surface area contributed by atoms with E-state index in [1.165, 1.54) is 0 Å². The van der Waals surface area contributed by atoms with Gasteiger partial charge >= 0.3 is 0 Å². The first-order chi connectivity index (χ1) is 18.4. The third kappa shape index (κ3) is 4.10. The highest BCUT2D eigenvalue weighted by Gasteiger charge is 2.64. The molecule has 0 amide bonds. The van der Waals surface area contributed by atoms with Crippen molar-refractivity contribution >= 4 is 5.78 Å². The third-order valence-corrected chi connectivity index (χ3v) is 8.03. The van der Waals surface area contributed by atoms with Gasteiger partial charge in [-0.15, -0.1) is 0 Å². The van der Waals surface area contributed by atoms with Crippen LogP contribution in [0.2, 0.25) is 0 Å². The van der Waals surface area contributed by atoms with Gasteiger partial charge in [-0.2, -0.15) is 10.5 Å². The monoisotopic (exact) mass is 496 g/mol. The first-order valence-electron chi connectivity index (χ1n) is 12.8. The maximum Gasteiger partial charge on any atom is 0.169 e. The van der Waals surface area contributed by atoms with Gasteiger partial charge < -0.3 is 5.11 Å². The summed E-state index contributed by atoms with van der Waals surface area (Å²) < 4.78 is 0. The van der Waals surface area contributed by atoms with Crippen LogP contribution >= 0.6 is 0 Å². The Labute approximate surface area is 223 Å². The molecule has 0 aliphatic heterocycles. The van der Waals surface area contributed by atoms with E-state index in [1.807, 2.05) is 97.9 Å². The lowest BCUT2D eigenvalue weighted by atomic mass is 9.48. The van der Waals surface area contributed by atoms with E-state index in [-0.39, 0.29) is 12.2 Å². The van der Waals surface area contributed by atoms with Gasteiger partial charge in [0.15, 0.2) is 11.2 Å². The van der Waals surface area contributed by atoms with E-state index in [2.05, 4.69) is 12.1 Å². The van der Waals surface area contributed by atoms with Gasteiger partial charge in [-0.25, -0.2) is 0 Å². The quantitative estimate of drug-likeness (QED) is 0.312. The largest absolute Gasteiger partial charge is 0.384 e. The summed E-state index contributed by atoms with van der Waals surface area (Å²) in [7, 11) is 0. The van der Waals surface area contributed by atoms with E-state index in [0.717, 1.165) is 11.1 Å². The number of carbonyl (C=O) groups excluding carboxylic acids is 1. The Bertz CT molecular complexity index is 1490.